The Kier molecular flexibility index (Phi) is 7.62. The van der Waals surface area contributed by atoms with Gasteiger partial charge in [0, 0.05) is 17.7 Å². The molecule has 0 saturated carbocycles. The van der Waals surface area contributed by atoms with Crippen LogP contribution in [0.25, 0.3) is 0 Å². The Morgan fingerprint density at radius 3 is 2.77 bits per heavy atom. The van der Waals surface area contributed by atoms with Crippen LogP contribution >= 0.6 is 23.8 Å². The number of hydrogen-bond donors (Lipinski definition) is 2. The number of hydrogen-bond acceptors (Lipinski definition) is 4. The number of benzene rings is 2. The fraction of sp³-hybridized carbons (Fsp3) is 0.222. The Hall–Kier alpha value is -2.38. The summed E-state index contributed by atoms with van der Waals surface area (Å²) in [4.78, 5) is 0. The van der Waals surface area contributed by atoms with E-state index >= 15 is 0 Å². The minimum atomic E-state index is -0.430. The second kappa shape index (κ2) is 9.94. The van der Waals surface area contributed by atoms with Crippen molar-refractivity contribution in [1.29, 1.82) is 0 Å². The first-order chi connectivity index (χ1) is 12.6. The van der Waals surface area contributed by atoms with E-state index in [0.717, 1.165) is 0 Å². The zero-order valence-corrected chi connectivity index (χ0v) is 16.0. The Morgan fingerprint density at radius 2 is 2.08 bits per heavy atom. The van der Waals surface area contributed by atoms with Gasteiger partial charge in [0.25, 0.3) is 0 Å². The molecule has 0 saturated heterocycles. The molecule has 26 heavy (non-hydrogen) atoms. The van der Waals surface area contributed by atoms with Crippen LogP contribution in [0.1, 0.15) is 18.1 Å². The summed E-state index contributed by atoms with van der Waals surface area (Å²) in [6.07, 6.45) is 1.55. The number of halogens is 2. The van der Waals surface area contributed by atoms with E-state index in [0.29, 0.717) is 33.7 Å². The summed E-state index contributed by atoms with van der Waals surface area (Å²) in [7, 11) is 1.53. The number of hydrazone groups is 1. The van der Waals surface area contributed by atoms with Crippen LogP contribution in [0.4, 0.5) is 4.39 Å². The van der Waals surface area contributed by atoms with Crippen molar-refractivity contribution in [3.05, 3.63) is 58.4 Å². The second-order valence-corrected chi connectivity index (χ2v) is 5.91. The first kappa shape index (κ1) is 19.9. The molecular formula is C18H19ClFN3O2S. The summed E-state index contributed by atoms with van der Waals surface area (Å²) in [6.45, 7) is 2.58. The van der Waals surface area contributed by atoms with Crippen molar-refractivity contribution in [2.75, 3.05) is 13.7 Å². The molecule has 0 radical (unpaired) electrons. The van der Waals surface area contributed by atoms with E-state index in [1.54, 1.807) is 36.5 Å². The average Bonchev–Trinajstić information content (AvgIpc) is 2.62. The molecule has 2 rings (SSSR count). The molecule has 0 aliphatic carbocycles. The van der Waals surface area contributed by atoms with Gasteiger partial charge in [0.15, 0.2) is 16.6 Å². The molecule has 2 aromatic rings. The van der Waals surface area contributed by atoms with Crippen LogP contribution < -0.4 is 20.2 Å². The Bertz CT molecular complexity index is 782. The van der Waals surface area contributed by atoms with E-state index in [1.165, 1.54) is 13.2 Å². The molecule has 0 unspecified atom stereocenters. The van der Waals surface area contributed by atoms with Crippen LogP contribution in [0.2, 0.25) is 5.02 Å². The number of para-hydroxylation sites is 1. The van der Waals surface area contributed by atoms with Crippen LogP contribution in [0.3, 0.4) is 0 Å². The lowest BCUT2D eigenvalue weighted by Crippen LogP contribution is -2.31. The molecule has 0 heterocycles. The van der Waals surface area contributed by atoms with Crippen LogP contribution in [0.15, 0.2) is 41.5 Å². The van der Waals surface area contributed by atoms with Crippen molar-refractivity contribution in [1.82, 2.24) is 10.7 Å². The maximum absolute atomic E-state index is 13.9. The Labute approximate surface area is 162 Å². The second-order valence-electron chi connectivity index (χ2n) is 5.10. The van der Waals surface area contributed by atoms with Gasteiger partial charge >= 0.3 is 0 Å². The van der Waals surface area contributed by atoms with Gasteiger partial charge in [-0.15, -0.1) is 0 Å². The molecule has 0 aliphatic heterocycles. The summed E-state index contributed by atoms with van der Waals surface area (Å²) in [5.74, 6) is 0.491. The van der Waals surface area contributed by atoms with E-state index in [-0.39, 0.29) is 12.2 Å². The molecule has 0 aliphatic rings. The minimum Gasteiger partial charge on any atom is -0.493 e. The van der Waals surface area contributed by atoms with Crippen molar-refractivity contribution in [3.8, 4) is 11.5 Å². The van der Waals surface area contributed by atoms with E-state index in [9.17, 15) is 4.39 Å². The zero-order chi connectivity index (χ0) is 18.9. The third-order valence-corrected chi connectivity index (χ3v) is 3.95. The van der Waals surface area contributed by atoms with E-state index < -0.39 is 5.82 Å². The normalized spacial score (nSPS) is 10.6. The third kappa shape index (κ3) is 5.31. The quantitative estimate of drug-likeness (QED) is 0.423. The fourth-order valence-corrected chi connectivity index (χ4v) is 2.54. The van der Waals surface area contributed by atoms with Crippen LogP contribution in [-0.4, -0.2) is 25.0 Å². The first-order valence-electron chi connectivity index (χ1n) is 7.86. The van der Waals surface area contributed by atoms with Gasteiger partial charge in [0.2, 0.25) is 0 Å². The van der Waals surface area contributed by atoms with Crippen molar-refractivity contribution < 1.29 is 13.9 Å². The average molecular weight is 396 g/mol. The monoisotopic (exact) mass is 395 g/mol. The summed E-state index contributed by atoms with van der Waals surface area (Å²) in [6, 6.07) is 9.82. The summed E-state index contributed by atoms with van der Waals surface area (Å²) in [5, 5.41) is 7.70. The molecule has 5 nitrogen and oxygen atoms in total. The predicted octanol–water partition coefficient (Wildman–Crippen LogP) is 3.88. The number of thiocarbonyl (C=S) groups is 1. The fourth-order valence-electron chi connectivity index (χ4n) is 2.12. The molecule has 2 N–H and O–H groups in total. The molecular weight excluding hydrogens is 377 g/mol. The van der Waals surface area contributed by atoms with E-state index in [1.807, 2.05) is 6.92 Å². The number of nitrogens with zero attached hydrogens (tertiary/aromatic N) is 1. The van der Waals surface area contributed by atoms with Crippen molar-refractivity contribution in [3.63, 3.8) is 0 Å². The highest BCUT2D eigenvalue weighted by Gasteiger charge is 2.13. The van der Waals surface area contributed by atoms with Crippen LogP contribution in [0.5, 0.6) is 11.5 Å². The number of nitrogens with one attached hydrogen (secondary N) is 2. The standard InChI is InChI=1S/C18H19ClFN3O2S/c1-3-21-18(26)23-22-10-12-6-4-9-16(24-2)17(12)25-11-13-14(19)7-5-8-15(13)20/h4-10H,3,11H2,1-2H3,(H2,21,23,26)/b22-10+. The maximum Gasteiger partial charge on any atom is 0.186 e. The molecule has 0 atom stereocenters. The highest BCUT2D eigenvalue weighted by molar-refractivity contribution is 7.80. The Balaban J connectivity index is 2.20. The SMILES string of the molecule is CCNC(=S)N/N=C/c1cccc(OC)c1OCc1c(F)cccc1Cl. The van der Waals surface area contributed by atoms with Gasteiger partial charge in [-0.05, 0) is 43.4 Å². The topological polar surface area (TPSA) is 54.9 Å². The summed E-state index contributed by atoms with van der Waals surface area (Å²) >= 11 is 11.1. The van der Waals surface area contributed by atoms with Gasteiger partial charge in [-0.1, -0.05) is 23.7 Å². The smallest absolute Gasteiger partial charge is 0.186 e. The van der Waals surface area contributed by atoms with Crippen LogP contribution in [0, 0.1) is 5.82 Å². The van der Waals surface area contributed by atoms with Gasteiger partial charge in [-0.2, -0.15) is 5.10 Å². The highest BCUT2D eigenvalue weighted by Crippen LogP contribution is 2.31. The lowest BCUT2D eigenvalue weighted by Gasteiger charge is -2.14. The largest absolute Gasteiger partial charge is 0.493 e. The van der Waals surface area contributed by atoms with Gasteiger partial charge in [0.05, 0.1) is 18.3 Å². The van der Waals surface area contributed by atoms with Crippen molar-refractivity contribution in [2.24, 2.45) is 5.10 Å². The van der Waals surface area contributed by atoms with Crippen LogP contribution in [-0.2, 0) is 6.61 Å². The highest BCUT2D eigenvalue weighted by atomic mass is 35.5. The Morgan fingerprint density at radius 1 is 1.31 bits per heavy atom. The molecule has 0 bridgehead atoms. The third-order valence-electron chi connectivity index (χ3n) is 3.36. The van der Waals surface area contributed by atoms with E-state index in [2.05, 4.69) is 15.8 Å². The molecule has 0 aromatic heterocycles. The van der Waals surface area contributed by atoms with Gasteiger partial charge < -0.3 is 14.8 Å². The number of ether oxygens (including phenoxy) is 2. The van der Waals surface area contributed by atoms with Gasteiger partial charge in [0.1, 0.15) is 12.4 Å². The number of rotatable bonds is 7. The number of methoxy groups -OCH3 is 1. The maximum atomic E-state index is 13.9. The molecule has 138 valence electrons. The van der Waals surface area contributed by atoms with Crippen molar-refractivity contribution >= 4 is 35.1 Å². The lowest BCUT2D eigenvalue weighted by atomic mass is 10.2. The summed E-state index contributed by atoms with van der Waals surface area (Å²) < 4.78 is 25.1. The van der Waals surface area contributed by atoms with Gasteiger partial charge in [-0.25, -0.2) is 4.39 Å². The zero-order valence-electron chi connectivity index (χ0n) is 14.4. The van der Waals surface area contributed by atoms with Gasteiger partial charge in [-0.3, -0.25) is 5.43 Å². The lowest BCUT2D eigenvalue weighted by molar-refractivity contribution is 0.279. The minimum absolute atomic E-state index is 0.0457. The predicted molar refractivity (Wildman–Crippen MR) is 106 cm³/mol. The summed E-state index contributed by atoms with van der Waals surface area (Å²) in [5.41, 5.74) is 3.62. The molecule has 0 spiro atoms. The molecule has 0 fully saturated rings. The first-order valence-corrected chi connectivity index (χ1v) is 8.65. The molecule has 2 aromatic carbocycles. The van der Waals surface area contributed by atoms with E-state index in [4.69, 9.17) is 33.3 Å². The molecule has 0 amide bonds. The van der Waals surface area contributed by atoms with Crippen molar-refractivity contribution in [2.45, 2.75) is 13.5 Å². The molecule has 8 heteroatoms.